The van der Waals surface area contributed by atoms with Crippen LogP contribution in [0.25, 0.3) is 10.8 Å². The number of nitrogens with zero attached hydrogens (tertiary/aromatic N) is 1. The Hall–Kier alpha value is -3.55. The molecular weight excluding hydrogens is 496 g/mol. The number of carbonyl (C=O) groups is 1. The average Bonchev–Trinajstić information content (AvgIpc) is 2.87. The van der Waals surface area contributed by atoms with Crippen LogP contribution in [0.2, 0.25) is 5.02 Å². The normalized spacial score (nSPS) is 11.3. The van der Waals surface area contributed by atoms with Crippen molar-refractivity contribution in [3.63, 3.8) is 0 Å². The molecule has 0 aliphatic rings. The predicted octanol–water partition coefficient (Wildman–Crippen LogP) is 5.50. The van der Waals surface area contributed by atoms with Crippen molar-refractivity contribution >= 4 is 44.0 Å². The lowest BCUT2D eigenvalue weighted by Gasteiger charge is -2.26. The highest BCUT2D eigenvalue weighted by atomic mass is 35.5. The summed E-state index contributed by atoms with van der Waals surface area (Å²) in [6, 6.07) is 25.2. The Labute approximate surface area is 216 Å². The molecule has 36 heavy (non-hydrogen) atoms. The van der Waals surface area contributed by atoms with Gasteiger partial charge in [-0.15, -0.1) is 0 Å². The summed E-state index contributed by atoms with van der Waals surface area (Å²) in [4.78, 5) is 13.0. The molecule has 0 aromatic heterocycles. The van der Waals surface area contributed by atoms with Gasteiger partial charge in [-0.05, 0) is 55.1 Å². The van der Waals surface area contributed by atoms with Crippen molar-refractivity contribution in [2.45, 2.75) is 18.7 Å². The number of hydrogen-bond acceptors (Lipinski definition) is 4. The molecule has 0 unspecified atom stereocenters. The first-order valence-electron chi connectivity index (χ1n) is 11.5. The molecule has 0 aliphatic carbocycles. The molecular formula is C28H27ClN2O4S. The van der Waals surface area contributed by atoms with Crippen LogP contribution in [0.5, 0.6) is 5.75 Å². The van der Waals surface area contributed by atoms with Crippen LogP contribution in [-0.2, 0) is 14.8 Å². The zero-order valence-corrected chi connectivity index (χ0v) is 21.6. The number of nitrogens with one attached hydrogen (secondary N) is 1. The molecule has 1 amide bonds. The van der Waals surface area contributed by atoms with Gasteiger partial charge >= 0.3 is 0 Å². The van der Waals surface area contributed by atoms with E-state index in [9.17, 15) is 13.2 Å². The quantitative estimate of drug-likeness (QED) is 0.294. The van der Waals surface area contributed by atoms with Crippen molar-refractivity contribution < 1.29 is 17.9 Å². The maximum atomic E-state index is 13.6. The highest BCUT2D eigenvalue weighted by Crippen LogP contribution is 2.29. The van der Waals surface area contributed by atoms with Crippen molar-refractivity contribution in [3.8, 4) is 5.75 Å². The third kappa shape index (κ3) is 5.80. The zero-order valence-electron chi connectivity index (χ0n) is 20.1. The third-order valence-electron chi connectivity index (χ3n) is 5.77. The number of anilines is 1. The molecule has 0 atom stereocenters. The number of fused-ring (bicyclic) bond motifs is 1. The van der Waals surface area contributed by atoms with E-state index >= 15 is 0 Å². The molecule has 1 N–H and O–H groups in total. The molecule has 6 nitrogen and oxygen atoms in total. The molecule has 8 heteroatoms. The topological polar surface area (TPSA) is 75.7 Å². The fourth-order valence-corrected chi connectivity index (χ4v) is 5.49. The van der Waals surface area contributed by atoms with Gasteiger partial charge in [0.15, 0.2) is 0 Å². The molecule has 0 radical (unpaired) electrons. The number of carbonyl (C=O) groups excluding carboxylic acids is 1. The standard InChI is InChI=1S/C28H27ClN2O4S/c1-20-10-14-24(15-11-20)36(33,34)31(26-18-23(29)13-12-21(26)2)19-28(32)30-16-17-35-27-9-5-7-22-6-3-4-8-25(22)27/h3-15,18H,16-17,19H2,1-2H3,(H,30,32). The van der Waals surface area contributed by atoms with Gasteiger partial charge in [-0.3, -0.25) is 9.10 Å². The second-order valence-electron chi connectivity index (χ2n) is 8.43. The average molecular weight is 523 g/mol. The molecule has 0 aliphatic heterocycles. The second-order valence-corrected chi connectivity index (χ2v) is 10.7. The van der Waals surface area contributed by atoms with Gasteiger partial charge < -0.3 is 10.1 Å². The number of sulfonamides is 1. The lowest BCUT2D eigenvalue weighted by molar-refractivity contribution is -0.119. The Bertz CT molecular complexity index is 1480. The van der Waals surface area contributed by atoms with E-state index in [1.54, 1.807) is 37.3 Å². The van der Waals surface area contributed by atoms with Gasteiger partial charge in [0.2, 0.25) is 5.91 Å². The van der Waals surface area contributed by atoms with Crippen LogP contribution >= 0.6 is 11.6 Å². The number of benzene rings is 4. The van der Waals surface area contributed by atoms with E-state index < -0.39 is 22.5 Å². The first-order chi connectivity index (χ1) is 17.3. The Morgan fingerprint density at radius 1 is 0.944 bits per heavy atom. The molecule has 4 aromatic rings. The van der Waals surface area contributed by atoms with Gasteiger partial charge in [-0.25, -0.2) is 8.42 Å². The summed E-state index contributed by atoms with van der Waals surface area (Å²) in [5.74, 6) is 0.270. The minimum atomic E-state index is -4.02. The molecule has 0 saturated carbocycles. The van der Waals surface area contributed by atoms with Gasteiger partial charge in [0.25, 0.3) is 10.0 Å². The van der Waals surface area contributed by atoms with Crippen LogP contribution < -0.4 is 14.4 Å². The molecule has 0 saturated heterocycles. The number of hydrogen-bond donors (Lipinski definition) is 1. The maximum absolute atomic E-state index is 13.6. The van der Waals surface area contributed by atoms with E-state index in [4.69, 9.17) is 16.3 Å². The molecule has 186 valence electrons. The fourth-order valence-electron chi connectivity index (χ4n) is 3.85. The van der Waals surface area contributed by atoms with E-state index in [0.29, 0.717) is 16.3 Å². The molecule has 0 bridgehead atoms. The third-order valence-corrected chi connectivity index (χ3v) is 7.78. The van der Waals surface area contributed by atoms with E-state index in [1.165, 1.54) is 12.1 Å². The highest BCUT2D eigenvalue weighted by Gasteiger charge is 2.28. The summed E-state index contributed by atoms with van der Waals surface area (Å²) < 4.78 is 34.1. The molecule has 4 aromatic carbocycles. The minimum absolute atomic E-state index is 0.0968. The molecule has 0 spiro atoms. The van der Waals surface area contributed by atoms with Crippen LogP contribution in [0.3, 0.4) is 0 Å². The second kappa shape index (κ2) is 11.0. The minimum Gasteiger partial charge on any atom is -0.491 e. The highest BCUT2D eigenvalue weighted by molar-refractivity contribution is 7.92. The van der Waals surface area contributed by atoms with Gasteiger partial charge in [-0.2, -0.15) is 0 Å². The number of rotatable bonds is 9. The Kier molecular flexibility index (Phi) is 7.82. The van der Waals surface area contributed by atoms with Crippen molar-refractivity contribution in [2.24, 2.45) is 0 Å². The number of amides is 1. The predicted molar refractivity (Wildman–Crippen MR) is 144 cm³/mol. The van der Waals surface area contributed by atoms with Crippen LogP contribution in [0.15, 0.2) is 89.8 Å². The largest absolute Gasteiger partial charge is 0.491 e. The lowest BCUT2D eigenvalue weighted by atomic mass is 10.1. The van der Waals surface area contributed by atoms with Crippen LogP contribution in [0.1, 0.15) is 11.1 Å². The van der Waals surface area contributed by atoms with E-state index in [0.717, 1.165) is 26.4 Å². The Morgan fingerprint density at radius 2 is 1.67 bits per heavy atom. The summed E-state index contributed by atoms with van der Waals surface area (Å²) >= 11 is 6.18. The SMILES string of the molecule is Cc1ccc(S(=O)(=O)N(CC(=O)NCCOc2cccc3ccccc23)c2cc(Cl)ccc2C)cc1. The number of halogens is 1. The number of aryl methyl sites for hydroxylation is 2. The van der Waals surface area contributed by atoms with Crippen molar-refractivity contribution in [1.29, 1.82) is 0 Å². The van der Waals surface area contributed by atoms with Crippen molar-refractivity contribution in [1.82, 2.24) is 5.32 Å². The van der Waals surface area contributed by atoms with E-state index in [2.05, 4.69) is 5.32 Å². The summed E-state index contributed by atoms with van der Waals surface area (Å²) in [5.41, 5.74) is 1.97. The van der Waals surface area contributed by atoms with Gasteiger partial charge in [0.1, 0.15) is 18.9 Å². The van der Waals surface area contributed by atoms with E-state index in [1.807, 2.05) is 49.4 Å². The number of ether oxygens (including phenoxy) is 1. The Morgan fingerprint density at radius 3 is 2.44 bits per heavy atom. The van der Waals surface area contributed by atoms with Crippen LogP contribution in [-0.4, -0.2) is 34.0 Å². The zero-order chi connectivity index (χ0) is 25.7. The smallest absolute Gasteiger partial charge is 0.264 e. The summed E-state index contributed by atoms with van der Waals surface area (Å²) in [6.45, 7) is 3.71. The molecule has 0 fully saturated rings. The summed E-state index contributed by atoms with van der Waals surface area (Å²) in [7, 11) is -4.02. The molecule has 0 heterocycles. The first-order valence-corrected chi connectivity index (χ1v) is 13.3. The maximum Gasteiger partial charge on any atom is 0.264 e. The van der Waals surface area contributed by atoms with Crippen molar-refractivity contribution in [2.75, 3.05) is 24.0 Å². The first kappa shape index (κ1) is 25.5. The fraction of sp³-hybridized carbons (Fsp3) is 0.179. The molecule has 4 rings (SSSR count). The van der Waals surface area contributed by atoms with E-state index in [-0.39, 0.29) is 18.0 Å². The Balaban J connectivity index is 1.48. The van der Waals surface area contributed by atoms with Gasteiger partial charge in [0.05, 0.1) is 17.1 Å². The monoisotopic (exact) mass is 522 g/mol. The van der Waals surface area contributed by atoms with Gasteiger partial charge in [0, 0.05) is 10.4 Å². The summed E-state index contributed by atoms with van der Waals surface area (Å²) in [5, 5.41) is 5.19. The van der Waals surface area contributed by atoms with Crippen molar-refractivity contribution in [3.05, 3.63) is 101 Å². The van der Waals surface area contributed by atoms with Gasteiger partial charge in [-0.1, -0.05) is 71.8 Å². The summed E-state index contributed by atoms with van der Waals surface area (Å²) in [6.07, 6.45) is 0. The lowest BCUT2D eigenvalue weighted by Crippen LogP contribution is -2.42. The van der Waals surface area contributed by atoms with Crippen LogP contribution in [0.4, 0.5) is 5.69 Å². The van der Waals surface area contributed by atoms with Crippen LogP contribution in [0, 0.1) is 13.8 Å².